The fourth-order valence-corrected chi connectivity index (χ4v) is 1.47. The van der Waals surface area contributed by atoms with E-state index in [-0.39, 0.29) is 6.42 Å². The zero-order chi connectivity index (χ0) is 12.1. The van der Waals surface area contributed by atoms with Crippen LogP contribution in [-0.4, -0.2) is 28.0 Å². The van der Waals surface area contributed by atoms with Crippen LogP contribution in [-0.2, 0) is 16.1 Å². The summed E-state index contributed by atoms with van der Waals surface area (Å²) in [6, 6.07) is 1.72. The van der Waals surface area contributed by atoms with E-state index in [9.17, 15) is 9.90 Å². The number of aliphatic hydroxyl groups excluding tert-OH is 1. The monoisotopic (exact) mass is 226 g/mol. The molecule has 90 valence electrons. The Bertz CT molecular complexity index is 347. The van der Waals surface area contributed by atoms with Crippen LogP contribution in [0.5, 0.6) is 0 Å². The molecule has 1 atom stereocenters. The van der Waals surface area contributed by atoms with Gasteiger partial charge in [0, 0.05) is 12.7 Å². The number of hydrogen-bond donors (Lipinski definition) is 1. The first-order valence-electron chi connectivity index (χ1n) is 5.31. The number of rotatable bonds is 5. The Balaban J connectivity index is 2.71. The molecule has 0 aliphatic heterocycles. The Morgan fingerprint density at radius 1 is 1.62 bits per heavy atom. The van der Waals surface area contributed by atoms with Crippen molar-refractivity contribution in [3.63, 3.8) is 0 Å². The third-order valence-electron chi connectivity index (χ3n) is 2.22. The molecule has 5 nitrogen and oxygen atoms in total. The van der Waals surface area contributed by atoms with Gasteiger partial charge in [-0.25, -0.2) is 0 Å². The number of aliphatic hydroxyl groups is 1. The fraction of sp³-hybridized carbons (Fsp3) is 0.636. The van der Waals surface area contributed by atoms with E-state index in [0.717, 1.165) is 6.54 Å². The number of carbonyl (C=O) groups is 1. The van der Waals surface area contributed by atoms with Gasteiger partial charge in [-0.2, -0.15) is 5.10 Å². The fourth-order valence-electron chi connectivity index (χ4n) is 1.47. The van der Waals surface area contributed by atoms with Crippen LogP contribution in [0.2, 0.25) is 0 Å². The smallest absolute Gasteiger partial charge is 0.308 e. The Morgan fingerprint density at radius 3 is 2.88 bits per heavy atom. The average Bonchev–Trinajstić information content (AvgIpc) is 2.64. The lowest BCUT2D eigenvalue weighted by atomic mass is 10.1. The predicted octanol–water partition coefficient (Wildman–Crippen LogP) is 1.14. The van der Waals surface area contributed by atoms with Crippen molar-refractivity contribution in [2.45, 2.75) is 32.9 Å². The zero-order valence-corrected chi connectivity index (χ0v) is 9.88. The Hall–Kier alpha value is -1.36. The molecular formula is C11H18N2O3. The molecule has 0 fully saturated rings. The van der Waals surface area contributed by atoms with Crippen molar-refractivity contribution in [1.82, 2.24) is 9.78 Å². The van der Waals surface area contributed by atoms with E-state index in [1.807, 2.05) is 0 Å². The van der Waals surface area contributed by atoms with Gasteiger partial charge in [-0.05, 0) is 12.0 Å². The molecule has 5 heteroatoms. The summed E-state index contributed by atoms with van der Waals surface area (Å²) in [6.45, 7) is 4.86. The van der Waals surface area contributed by atoms with Crippen LogP contribution in [0, 0.1) is 5.92 Å². The molecule has 16 heavy (non-hydrogen) atoms. The van der Waals surface area contributed by atoms with Gasteiger partial charge in [-0.3, -0.25) is 9.48 Å². The molecule has 1 N–H and O–H groups in total. The van der Waals surface area contributed by atoms with Gasteiger partial charge in [0.05, 0.1) is 19.2 Å². The minimum absolute atomic E-state index is 0.0414. The van der Waals surface area contributed by atoms with Crippen LogP contribution in [0.15, 0.2) is 12.3 Å². The summed E-state index contributed by atoms with van der Waals surface area (Å²) in [5.41, 5.74) is 0.652. The SMILES string of the molecule is COC(=O)C[C@H](O)c1ccnn1CC(C)C. The summed E-state index contributed by atoms with van der Waals surface area (Å²) in [5.74, 6) is 0.00812. The van der Waals surface area contributed by atoms with Gasteiger partial charge in [-0.15, -0.1) is 0 Å². The minimum atomic E-state index is -0.853. The van der Waals surface area contributed by atoms with Gasteiger partial charge in [0.15, 0.2) is 0 Å². The van der Waals surface area contributed by atoms with E-state index in [1.54, 1.807) is 16.9 Å². The van der Waals surface area contributed by atoms with E-state index in [0.29, 0.717) is 11.6 Å². The molecule has 1 heterocycles. The van der Waals surface area contributed by atoms with E-state index in [2.05, 4.69) is 23.7 Å². The number of nitrogens with zero attached hydrogens (tertiary/aromatic N) is 2. The van der Waals surface area contributed by atoms with Gasteiger partial charge >= 0.3 is 5.97 Å². The highest BCUT2D eigenvalue weighted by atomic mass is 16.5. The number of aromatic nitrogens is 2. The standard InChI is InChI=1S/C11H18N2O3/c1-8(2)7-13-9(4-5-12-13)10(14)6-11(15)16-3/h4-5,8,10,14H,6-7H2,1-3H3/t10-/m0/s1. The maximum absolute atomic E-state index is 11.0. The Labute approximate surface area is 95.0 Å². The van der Waals surface area contributed by atoms with Crippen molar-refractivity contribution < 1.29 is 14.6 Å². The summed E-state index contributed by atoms with van der Waals surface area (Å²) in [7, 11) is 1.31. The van der Waals surface area contributed by atoms with Gasteiger partial charge in [0.2, 0.25) is 0 Å². The molecule has 0 saturated carbocycles. The highest BCUT2D eigenvalue weighted by Gasteiger charge is 2.17. The van der Waals surface area contributed by atoms with Gasteiger partial charge in [0.25, 0.3) is 0 Å². The van der Waals surface area contributed by atoms with Crippen molar-refractivity contribution in [2.75, 3.05) is 7.11 Å². The zero-order valence-electron chi connectivity index (χ0n) is 9.88. The average molecular weight is 226 g/mol. The second-order valence-corrected chi connectivity index (χ2v) is 4.13. The first kappa shape index (κ1) is 12.7. The Morgan fingerprint density at radius 2 is 2.31 bits per heavy atom. The van der Waals surface area contributed by atoms with Crippen LogP contribution in [0.1, 0.15) is 32.1 Å². The number of ether oxygens (including phenoxy) is 1. The van der Waals surface area contributed by atoms with E-state index in [4.69, 9.17) is 0 Å². The van der Waals surface area contributed by atoms with Crippen molar-refractivity contribution >= 4 is 5.97 Å². The number of esters is 1. The molecule has 0 aromatic carbocycles. The lowest BCUT2D eigenvalue weighted by Crippen LogP contribution is -2.15. The van der Waals surface area contributed by atoms with Crippen molar-refractivity contribution in [3.8, 4) is 0 Å². The molecule has 0 amide bonds. The molecule has 0 spiro atoms. The van der Waals surface area contributed by atoms with Gasteiger partial charge in [-0.1, -0.05) is 13.8 Å². The molecule has 0 unspecified atom stereocenters. The topological polar surface area (TPSA) is 64.3 Å². The normalized spacial score (nSPS) is 12.8. The maximum Gasteiger partial charge on any atom is 0.308 e. The van der Waals surface area contributed by atoms with Crippen molar-refractivity contribution in [1.29, 1.82) is 0 Å². The number of hydrogen-bond acceptors (Lipinski definition) is 4. The minimum Gasteiger partial charge on any atom is -0.469 e. The first-order chi connectivity index (χ1) is 7.54. The summed E-state index contributed by atoms with van der Waals surface area (Å²) in [6.07, 6.45) is 0.729. The maximum atomic E-state index is 11.0. The molecule has 0 aliphatic rings. The lowest BCUT2D eigenvalue weighted by molar-refractivity contribution is -0.143. The molecular weight excluding hydrogens is 208 g/mol. The van der Waals surface area contributed by atoms with Crippen LogP contribution < -0.4 is 0 Å². The Kier molecular flexibility index (Phi) is 4.49. The molecule has 0 saturated heterocycles. The van der Waals surface area contributed by atoms with Crippen LogP contribution in [0.25, 0.3) is 0 Å². The third-order valence-corrected chi connectivity index (χ3v) is 2.22. The van der Waals surface area contributed by atoms with Crippen molar-refractivity contribution in [2.24, 2.45) is 5.92 Å². The summed E-state index contributed by atoms with van der Waals surface area (Å²) >= 11 is 0. The van der Waals surface area contributed by atoms with E-state index in [1.165, 1.54) is 7.11 Å². The van der Waals surface area contributed by atoms with Gasteiger partial charge in [0.1, 0.15) is 6.10 Å². The largest absolute Gasteiger partial charge is 0.469 e. The second kappa shape index (κ2) is 5.65. The quantitative estimate of drug-likeness (QED) is 0.764. The number of methoxy groups -OCH3 is 1. The molecule has 0 aliphatic carbocycles. The predicted molar refractivity (Wildman–Crippen MR) is 58.7 cm³/mol. The van der Waals surface area contributed by atoms with Crippen molar-refractivity contribution in [3.05, 3.63) is 18.0 Å². The van der Waals surface area contributed by atoms with Crippen LogP contribution >= 0.6 is 0 Å². The molecule has 1 aromatic heterocycles. The highest BCUT2D eigenvalue weighted by molar-refractivity contribution is 5.69. The van der Waals surface area contributed by atoms with E-state index < -0.39 is 12.1 Å². The first-order valence-corrected chi connectivity index (χ1v) is 5.31. The molecule has 0 radical (unpaired) electrons. The summed E-state index contributed by atoms with van der Waals surface area (Å²) < 4.78 is 6.23. The van der Waals surface area contributed by atoms with Gasteiger partial charge < -0.3 is 9.84 Å². The summed E-state index contributed by atoms with van der Waals surface area (Å²) in [5, 5.41) is 14.0. The summed E-state index contributed by atoms with van der Waals surface area (Å²) in [4.78, 5) is 11.0. The second-order valence-electron chi connectivity index (χ2n) is 4.13. The number of carbonyl (C=O) groups excluding carboxylic acids is 1. The molecule has 1 aromatic rings. The van der Waals surface area contributed by atoms with E-state index >= 15 is 0 Å². The molecule has 0 bridgehead atoms. The third kappa shape index (κ3) is 3.34. The lowest BCUT2D eigenvalue weighted by Gasteiger charge is -2.13. The highest BCUT2D eigenvalue weighted by Crippen LogP contribution is 2.17. The molecule has 1 rings (SSSR count). The van der Waals surface area contributed by atoms with Crippen LogP contribution in [0.4, 0.5) is 0 Å². The van der Waals surface area contributed by atoms with Crippen LogP contribution in [0.3, 0.4) is 0 Å².